The average Bonchev–Trinajstić information content (AvgIpc) is 2.92. The molecule has 0 spiro atoms. The van der Waals surface area contributed by atoms with Crippen LogP contribution in [0.25, 0.3) is 0 Å². The zero-order valence-electron chi connectivity index (χ0n) is 8.47. The third-order valence-corrected chi connectivity index (χ3v) is 3.93. The van der Waals surface area contributed by atoms with E-state index >= 15 is 0 Å². The molecule has 0 atom stereocenters. The summed E-state index contributed by atoms with van der Waals surface area (Å²) in [6, 6.07) is 12.5. The van der Waals surface area contributed by atoms with E-state index in [2.05, 4.69) is 35.3 Å². The van der Waals surface area contributed by atoms with Crippen molar-refractivity contribution in [2.75, 3.05) is 5.88 Å². The second-order valence-corrected chi connectivity index (χ2v) is 4.83. The highest BCUT2D eigenvalue weighted by Crippen LogP contribution is 2.31. The molecule has 0 N–H and O–H groups in total. The number of rotatable bonds is 0. The Kier molecular flexibility index (Phi) is 1.57. The molecular weight excluding hydrogens is 216 g/mol. The summed E-state index contributed by atoms with van der Waals surface area (Å²) in [5, 5.41) is 4.67. The molecule has 0 aromatic heterocycles. The number of hydrogen-bond acceptors (Lipinski definition) is 3. The standard InChI is InChI=1S/C13H8N2S/c1-2-4-10-8(3-1)9-5-6-11-13(12(9)15-10)16-7-14-11/h1-6H,7H2. The molecule has 0 unspecified atom stereocenters. The molecule has 0 aliphatic carbocycles. The number of thioether (sulfide) groups is 1. The first-order valence-corrected chi connectivity index (χ1v) is 6.20. The van der Waals surface area contributed by atoms with Crippen LogP contribution < -0.4 is 10.7 Å². The van der Waals surface area contributed by atoms with E-state index in [0.29, 0.717) is 0 Å². The molecule has 2 nitrogen and oxygen atoms in total. The monoisotopic (exact) mass is 224 g/mol. The van der Waals surface area contributed by atoms with Gasteiger partial charge in [-0.05, 0) is 18.2 Å². The molecule has 0 fully saturated rings. The van der Waals surface area contributed by atoms with Crippen molar-refractivity contribution in [2.24, 2.45) is 9.98 Å². The van der Waals surface area contributed by atoms with Crippen LogP contribution >= 0.6 is 11.8 Å². The van der Waals surface area contributed by atoms with Gasteiger partial charge in [0.2, 0.25) is 0 Å². The fraction of sp³-hybridized carbons (Fsp3) is 0.0769. The maximum absolute atomic E-state index is 4.71. The van der Waals surface area contributed by atoms with Crippen LogP contribution in [0.4, 0.5) is 5.69 Å². The summed E-state index contributed by atoms with van der Waals surface area (Å²) in [7, 11) is 0. The van der Waals surface area contributed by atoms with Gasteiger partial charge in [0.15, 0.2) is 0 Å². The lowest BCUT2D eigenvalue weighted by Gasteiger charge is -1.96. The van der Waals surface area contributed by atoms with Crippen LogP contribution in [0.3, 0.4) is 0 Å². The Labute approximate surface area is 96.1 Å². The maximum Gasteiger partial charge on any atom is 0.0899 e. The smallest absolute Gasteiger partial charge is 0.0899 e. The zero-order valence-corrected chi connectivity index (χ0v) is 9.29. The van der Waals surface area contributed by atoms with Crippen molar-refractivity contribution in [1.82, 2.24) is 0 Å². The van der Waals surface area contributed by atoms with Crippen LogP contribution in [0.2, 0.25) is 0 Å². The van der Waals surface area contributed by atoms with Crippen molar-refractivity contribution >= 4 is 17.4 Å². The van der Waals surface area contributed by atoms with Gasteiger partial charge in [0.25, 0.3) is 0 Å². The highest BCUT2D eigenvalue weighted by Gasteiger charge is 2.14. The summed E-state index contributed by atoms with van der Waals surface area (Å²) in [6.07, 6.45) is 0. The van der Waals surface area contributed by atoms with Crippen LogP contribution in [0, 0.1) is 10.4 Å². The number of nitrogens with zero attached hydrogens (tertiary/aromatic N) is 2. The Morgan fingerprint density at radius 3 is 2.88 bits per heavy atom. The number of para-hydroxylation sites is 1. The Morgan fingerprint density at radius 2 is 1.88 bits per heavy atom. The topological polar surface area (TPSA) is 24.7 Å². The predicted octanol–water partition coefficient (Wildman–Crippen LogP) is 1.92. The normalized spacial score (nSPS) is 14.8. The summed E-state index contributed by atoms with van der Waals surface area (Å²) in [5.41, 5.74) is 1.12. The summed E-state index contributed by atoms with van der Waals surface area (Å²) in [5.74, 6) is 0.831. The molecule has 16 heavy (non-hydrogen) atoms. The molecular formula is C13H8N2S. The summed E-state index contributed by atoms with van der Waals surface area (Å²) in [4.78, 5) is 10.4. The average molecular weight is 224 g/mol. The molecule has 0 saturated carbocycles. The second kappa shape index (κ2) is 2.95. The first-order valence-electron chi connectivity index (χ1n) is 5.22. The fourth-order valence-electron chi connectivity index (χ4n) is 2.24. The molecule has 0 radical (unpaired) electrons. The van der Waals surface area contributed by atoms with E-state index in [1.54, 1.807) is 11.8 Å². The highest BCUT2D eigenvalue weighted by atomic mass is 32.2. The Balaban J connectivity index is 2.31. The molecule has 2 aromatic rings. The van der Waals surface area contributed by atoms with Crippen molar-refractivity contribution < 1.29 is 0 Å². The van der Waals surface area contributed by atoms with Crippen LogP contribution in [-0.2, 0) is 0 Å². The van der Waals surface area contributed by atoms with Gasteiger partial charge in [-0.15, -0.1) is 0 Å². The minimum absolute atomic E-state index is 0.831. The van der Waals surface area contributed by atoms with Gasteiger partial charge in [0.1, 0.15) is 0 Å². The van der Waals surface area contributed by atoms with E-state index in [1.807, 2.05) is 6.07 Å². The molecule has 0 saturated heterocycles. The molecule has 3 heteroatoms. The van der Waals surface area contributed by atoms with Crippen molar-refractivity contribution in [3.8, 4) is 0 Å². The van der Waals surface area contributed by atoms with E-state index in [9.17, 15) is 0 Å². The third-order valence-electron chi connectivity index (χ3n) is 2.98. The van der Waals surface area contributed by atoms with E-state index in [-0.39, 0.29) is 0 Å². The Bertz CT molecular complexity index is 809. The van der Waals surface area contributed by atoms with E-state index < -0.39 is 0 Å². The Morgan fingerprint density at radius 1 is 0.938 bits per heavy atom. The fourth-order valence-corrected chi connectivity index (χ4v) is 3.15. The van der Waals surface area contributed by atoms with Crippen LogP contribution in [0.1, 0.15) is 0 Å². The lowest BCUT2D eigenvalue weighted by Crippen LogP contribution is -1.99. The summed E-state index contributed by atoms with van der Waals surface area (Å²) < 4.78 is 0. The van der Waals surface area contributed by atoms with Gasteiger partial charge in [-0.1, -0.05) is 30.0 Å². The van der Waals surface area contributed by atoms with Gasteiger partial charge in [0, 0.05) is 10.4 Å². The largest absolute Gasteiger partial charge is 0.273 e. The molecule has 4 rings (SSSR count). The minimum atomic E-state index is 0.831. The van der Waals surface area contributed by atoms with E-state index in [0.717, 1.165) is 22.3 Å². The quantitative estimate of drug-likeness (QED) is 0.572. The van der Waals surface area contributed by atoms with Crippen molar-refractivity contribution in [1.29, 1.82) is 0 Å². The van der Waals surface area contributed by atoms with Gasteiger partial charge in [-0.2, -0.15) is 0 Å². The minimum Gasteiger partial charge on any atom is -0.273 e. The second-order valence-electron chi connectivity index (χ2n) is 3.87. The first kappa shape index (κ1) is 8.53. The maximum atomic E-state index is 4.71. The molecule has 76 valence electrons. The molecule has 0 amide bonds. The SMILES string of the molecule is c1ccc2c(c1)=Nc1c3c(ccc1=2)=NCS3. The highest BCUT2D eigenvalue weighted by molar-refractivity contribution is 7.99. The molecule has 2 aliphatic heterocycles. The van der Waals surface area contributed by atoms with Crippen LogP contribution in [0.15, 0.2) is 51.3 Å². The molecule has 2 aromatic carbocycles. The van der Waals surface area contributed by atoms with Gasteiger partial charge < -0.3 is 0 Å². The molecule has 0 bridgehead atoms. The van der Waals surface area contributed by atoms with E-state index in [4.69, 9.17) is 4.99 Å². The summed E-state index contributed by atoms with van der Waals surface area (Å²) >= 11 is 1.78. The number of fused-ring (bicyclic) bond motifs is 4. The molecule has 2 aliphatic rings. The lowest BCUT2D eigenvalue weighted by atomic mass is 10.2. The van der Waals surface area contributed by atoms with E-state index in [1.165, 1.54) is 15.3 Å². The third kappa shape index (κ3) is 0.985. The Hall–Kier alpha value is -1.61. The number of benzene rings is 2. The first-order chi connectivity index (χ1) is 7.93. The lowest BCUT2D eigenvalue weighted by molar-refractivity contribution is 1.19. The van der Waals surface area contributed by atoms with Gasteiger partial charge in [-0.3, -0.25) is 4.99 Å². The van der Waals surface area contributed by atoms with Gasteiger partial charge in [0.05, 0.1) is 27.2 Å². The summed E-state index contributed by atoms with van der Waals surface area (Å²) in [6.45, 7) is 0. The van der Waals surface area contributed by atoms with Crippen LogP contribution in [-0.4, -0.2) is 5.88 Å². The number of hydrogen-bond donors (Lipinski definition) is 0. The van der Waals surface area contributed by atoms with Gasteiger partial charge in [-0.25, -0.2) is 4.99 Å². The van der Waals surface area contributed by atoms with Crippen molar-refractivity contribution in [3.05, 3.63) is 57.5 Å². The predicted molar refractivity (Wildman–Crippen MR) is 63.3 cm³/mol. The zero-order chi connectivity index (χ0) is 10.5. The molecule has 2 heterocycles. The van der Waals surface area contributed by atoms with Gasteiger partial charge >= 0.3 is 0 Å². The van der Waals surface area contributed by atoms with Crippen molar-refractivity contribution in [2.45, 2.75) is 4.90 Å². The van der Waals surface area contributed by atoms with Crippen molar-refractivity contribution in [3.63, 3.8) is 0 Å². The van der Waals surface area contributed by atoms with Crippen LogP contribution in [0.5, 0.6) is 0 Å².